The highest BCUT2D eigenvalue weighted by Crippen LogP contribution is 2.57. The van der Waals surface area contributed by atoms with E-state index < -0.39 is 0 Å². The molecular formula is C24H27IO. The maximum atomic E-state index is 5.68. The van der Waals surface area contributed by atoms with Gasteiger partial charge < -0.3 is 4.74 Å². The van der Waals surface area contributed by atoms with Crippen LogP contribution in [-0.4, -0.2) is 6.61 Å². The van der Waals surface area contributed by atoms with Crippen LogP contribution in [0.4, 0.5) is 0 Å². The molecule has 2 bridgehead atoms. The van der Waals surface area contributed by atoms with Crippen molar-refractivity contribution in [2.24, 2.45) is 5.41 Å². The zero-order chi connectivity index (χ0) is 18.0. The number of halogens is 1. The second kappa shape index (κ2) is 7.38. The highest BCUT2D eigenvalue weighted by Gasteiger charge is 2.46. The first-order valence-electron chi connectivity index (χ1n) is 9.72. The minimum Gasteiger partial charge on any atom is -0.490 e. The number of hydrogen-bond donors (Lipinski definition) is 0. The van der Waals surface area contributed by atoms with E-state index in [4.69, 9.17) is 4.74 Å². The molecule has 0 amide bonds. The van der Waals surface area contributed by atoms with Crippen molar-refractivity contribution in [3.63, 3.8) is 0 Å². The van der Waals surface area contributed by atoms with E-state index in [0.29, 0.717) is 17.4 Å². The van der Waals surface area contributed by atoms with E-state index in [1.807, 2.05) is 10.2 Å². The van der Waals surface area contributed by atoms with Gasteiger partial charge in [-0.05, 0) is 88.3 Å². The first-order valence-corrected chi connectivity index (χ1v) is 11.0. The van der Waals surface area contributed by atoms with Crippen molar-refractivity contribution < 1.29 is 4.74 Å². The normalized spacial score (nSPS) is 27.8. The van der Waals surface area contributed by atoms with Crippen molar-refractivity contribution in [2.75, 3.05) is 6.61 Å². The van der Waals surface area contributed by atoms with Crippen LogP contribution >= 0.6 is 22.6 Å². The van der Waals surface area contributed by atoms with Crippen LogP contribution in [0.1, 0.15) is 51.0 Å². The molecule has 3 saturated carbocycles. The molecule has 2 aromatic carbocycles. The van der Waals surface area contributed by atoms with Gasteiger partial charge in [-0.2, -0.15) is 0 Å². The van der Waals surface area contributed by atoms with Crippen LogP contribution in [0.3, 0.4) is 0 Å². The predicted molar refractivity (Wildman–Crippen MR) is 118 cm³/mol. The SMILES string of the molecule is CC12CCC(c3ccc(-c4ccc(OC/C=C/I)cc4)cc3)(CC1)CC2. The van der Waals surface area contributed by atoms with Gasteiger partial charge in [0.05, 0.1) is 0 Å². The summed E-state index contributed by atoms with van der Waals surface area (Å²) in [5.74, 6) is 0.922. The van der Waals surface area contributed by atoms with Gasteiger partial charge in [-0.25, -0.2) is 0 Å². The third kappa shape index (κ3) is 3.58. The molecule has 26 heavy (non-hydrogen) atoms. The van der Waals surface area contributed by atoms with Gasteiger partial charge in [0.2, 0.25) is 0 Å². The lowest BCUT2D eigenvalue weighted by atomic mass is 9.52. The maximum Gasteiger partial charge on any atom is 0.119 e. The van der Waals surface area contributed by atoms with E-state index in [1.54, 1.807) is 5.56 Å². The summed E-state index contributed by atoms with van der Waals surface area (Å²) in [4.78, 5) is 0. The van der Waals surface area contributed by atoms with Crippen molar-refractivity contribution in [3.05, 3.63) is 64.3 Å². The number of rotatable bonds is 5. The van der Waals surface area contributed by atoms with Crippen LogP contribution in [-0.2, 0) is 5.41 Å². The topological polar surface area (TPSA) is 9.23 Å². The molecule has 3 aliphatic carbocycles. The van der Waals surface area contributed by atoms with Gasteiger partial charge in [0.1, 0.15) is 12.4 Å². The third-order valence-electron chi connectivity index (χ3n) is 6.74. The van der Waals surface area contributed by atoms with Crippen molar-refractivity contribution in [1.82, 2.24) is 0 Å². The largest absolute Gasteiger partial charge is 0.490 e. The molecule has 3 fully saturated rings. The van der Waals surface area contributed by atoms with Gasteiger partial charge >= 0.3 is 0 Å². The van der Waals surface area contributed by atoms with Crippen molar-refractivity contribution in [2.45, 2.75) is 50.9 Å². The fraction of sp³-hybridized carbons (Fsp3) is 0.417. The summed E-state index contributed by atoms with van der Waals surface area (Å²) in [7, 11) is 0. The van der Waals surface area contributed by atoms with Gasteiger partial charge in [0.15, 0.2) is 0 Å². The molecule has 0 N–H and O–H groups in total. The van der Waals surface area contributed by atoms with Crippen LogP contribution in [0.25, 0.3) is 11.1 Å². The molecule has 3 aliphatic rings. The van der Waals surface area contributed by atoms with E-state index in [9.17, 15) is 0 Å². The van der Waals surface area contributed by atoms with Gasteiger partial charge in [-0.15, -0.1) is 0 Å². The average Bonchev–Trinajstić information content (AvgIpc) is 2.70. The first-order chi connectivity index (χ1) is 12.6. The Balaban J connectivity index is 1.48. The monoisotopic (exact) mass is 458 g/mol. The zero-order valence-corrected chi connectivity index (χ0v) is 17.7. The Bertz CT molecular complexity index is 748. The van der Waals surface area contributed by atoms with Gasteiger partial charge in [-0.3, -0.25) is 0 Å². The number of hydrogen-bond acceptors (Lipinski definition) is 1. The summed E-state index contributed by atoms with van der Waals surface area (Å²) in [6.07, 6.45) is 10.3. The van der Waals surface area contributed by atoms with E-state index in [1.165, 1.54) is 49.7 Å². The molecule has 5 rings (SSSR count). The summed E-state index contributed by atoms with van der Waals surface area (Å²) in [6.45, 7) is 3.11. The van der Waals surface area contributed by atoms with E-state index >= 15 is 0 Å². The summed E-state index contributed by atoms with van der Waals surface area (Å²) in [5, 5.41) is 0. The van der Waals surface area contributed by atoms with Crippen molar-refractivity contribution in [3.8, 4) is 16.9 Å². The summed E-state index contributed by atoms with van der Waals surface area (Å²) in [5.41, 5.74) is 5.21. The molecule has 0 unspecified atom stereocenters. The second-order valence-electron chi connectivity index (χ2n) is 8.37. The van der Waals surface area contributed by atoms with E-state index in [2.05, 4.69) is 78.0 Å². The van der Waals surface area contributed by atoms with E-state index in [0.717, 1.165) is 5.75 Å². The fourth-order valence-corrected chi connectivity index (χ4v) is 4.95. The molecule has 0 spiro atoms. The molecule has 0 aliphatic heterocycles. The molecule has 136 valence electrons. The predicted octanol–water partition coefficient (Wildman–Crippen LogP) is 7.29. The van der Waals surface area contributed by atoms with E-state index in [-0.39, 0.29) is 0 Å². The Morgan fingerprint density at radius 2 is 1.38 bits per heavy atom. The highest BCUT2D eigenvalue weighted by molar-refractivity contribution is 14.1. The van der Waals surface area contributed by atoms with Crippen LogP contribution in [0, 0.1) is 5.41 Å². The lowest BCUT2D eigenvalue weighted by Crippen LogP contribution is -2.42. The molecule has 0 aromatic heterocycles. The van der Waals surface area contributed by atoms with Gasteiger partial charge in [0, 0.05) is 0 Å². The lowest BCUT2D eigenvalue weighted by molar-refractivity contribution is 0.0556. The van der Waals surface area contributed by atoms with Crippen LogP contribution in [0.2, 0.25) is 0 Å². The molecule has 0 heterocycles. The molecule has 0 atom stereocenters. The average molecular weight is 458 g/mol. The van der Waals surface area contributed by atoms with Gasteiger partial charge in [0.25, 0.3) is 0 Å². The summed E-state index contributed by atoms with van der Waals surface area (Å²) < 4.78 is 7.66. The smallest absolute Gasteiger partial charge is 0.119 e. The molecule has 2 aromatic rings. The Kier molecular flexibility index (Phi) is 5.13. The summed E-state index contributed by atoms with van der Waals surface area (Å²) >= 11 is 2.21. The Labute approximate surface area is 171 Å². The Hall–Kier alpha value is -1.29. The number of fused-ring (bicyclic) bond motifs is 3. The molecule has 0 radical (unpaired) electrons. The zero-order valence-electron chi connectivity index (χ0n) is 15.5. The number of benzene rings is 2. The van der Waals surface area contributed by atoms with Crippen molar-refractivity contribution in [1.29, 1.82) is 0 Å². The second-order valence-corrected chi connectivity index (χ2v) is 9.08. The third-order valence-corrected chi connectivity index (χ3v) is 7.25. The van der Waals surface area contributed by atoms with Crippen LogP contribution in [0.15, 0.2) is 58.7 Å². The van der Waals surface area contributed by atoms with Crippen LogP contribution < -0.4 is 4.74 Å². The fourth-order valence-electron chi connectivity index (χ4n) is 4.75. The first kappa shape index (κ1) is 18.1. The molecule has 1 nitrogen and oxygen atoms in total. The Morgan fingerprint density at radius 1 is 0.846 bits per heavy atom. The standard InChI is InChI=1S/C24H27IO/c1-23-11-14-24(15-12-23,16-13-23)21-7-3-19(4-8-21)20-5-9-22(10-6-20)26-18-2-17-25/h2-10,17H,11-16,18H2,1H3/b17-2+. The Morgan fingerprint density at radius 3 is 1.92 bits per heavy atom. The van der Waals surface area contributed by atoms with Crippen LogP contribution in [0.5, 0.6) is 5.75 Å². The quantitative estimate of drug-likeness (QED) is 0.428. The minimum absolute atomic E-state index is 0.458. The maximum absolute atomic E-state index is 5.68. The molecule has 2 heteroatoms. The molecular weight excluding hydrogens is 431 g/mol. The minimum atomic E-state index is 0.458. The van der Waals surface area contributed by atoms with Gasteiger partial charge in [-0.1, -0.05) is 65.9 Å². The molecule has 0 saturated heterocycles. The van der Waals surface area contributed by atoms with Crippen molar-refractivity contribution >= 4 is 22.6 Å². The lowest BCUT2D eigenvalue weighted by Gasteiger charge is -2.52. The highest BCUT2D eigenvalue weighted by atomic mass is 127. The number of ether oxygens (including phenoxy) is 1. The summed E-state index contributed by atoms with van der Waals surface area (Å²) in [6, 6.07) is 17.8.